The highest BCUT2D eigenvalue weighted by Gasteiger charge is 2.21. The standard InChI is InChI=1S/C25H23N5O3S/c1-16-9-11-18(12-10-16)21(31)15-20(23(32)28-25-26-13-14-34-25)27-22-17(2)29(3)30(24(22)33)19-7-5-4-6-8-19/h4-15,27H,1-3H3,(H,26,28,32). The molecule has 172 valence electrons. The summed E-state index contributed by atoms with van der Waals surface area (Å²) in [5.74, 6) is -0.946. The number of para-hydroxylation sites is 1. The fourth-order valence-corrected chi connectivity index (χ4v) is 3.91. The first-order valence-electron chi connectivity index (χ1n) is 10.5. The Morgan fingerprint density at radius 2 is 1.71 bits per heavy atom. The molecular formula is C25H23N5O3S. The second-order valence-electron chi connectivity index (χ2n) is 7.64. The molecule has 9 heteroatoms. The van der Waals surface area contributed by atoms with E-state index in [0.717, 1.165) is 5.56 Å². The maximum absolute atomic E-state index is 13.3. The SMILES string of the molecule is Cc1ccc(C(=O)C=C(Nc2c(C)n(C)n(-c3ccccc3)c2=O)C(=O)Nc2nccs2)cc1. The van der Waals surface area contributed by atoms with E-state index in [-0.39, 0.29) is 22.7 Å². The zero-order chi connectivity index (χ0) is 24.2. The number of ketones is 1. The van der Waals surface area contributed by atoms with Crippen LogP contribution in [0.15, 0.2) is 82.7 Å². The van der Waals surface area contributed by atoms with Crippen molar-refractivity contribution >= 4 is 33.8 Å². The number of rotatable bonds is 7. The average Bonchev–Trinajstić information content (AvgIpc) is 3.41. The van der Waals surface area contributed by atoms with Gasteiger partial charge in [0.1, 0.15) is 11.4 Å². The van der Waals surface area contributed by atoms with Gasteiger partial charge < -0.3 is 5.32 Å². The van der Waals surface area contributed by atoms with Gasteiger partial charge in [-0.1, -0.05) is 48.0 Å². The van der Waals surface area contributed by atoms with Crippen molar-refractivity contribution in [1.29, 1.82) is 0 Å². The van der Waals surface area contributed by atoms with Crippen LogP contribution in [0.2, 0.25) is 0 Å². The Labute approximate surface area is 200 Å². The smallest absolute Gasteiger partial charge is 0.295 e. The molecule has 2 heterocycles. The number of amides is 1. The Bertz CT molecular complexity index is 1420. The number of aromatic nitrogens is 3. The van der Waals surface area contributed by atoms with Crippen LogP contribution in [0.4, 0.5) is 10.8 Å². The Kier molecular flexibility index (Phi) is 6.55. The van der Waals surface area contributed by atoms with Crippen molar-refractivity contribution in [2.45, 2.75) is 13.8 Å². The highest BCUT2D eigenvalue weighted by Crippen LogP contribution is 2.18. The largest absolute Gasteiger partial charge is 0.345 e. The van der Waals surface area contributed by atoms with Gasteiger partial charge >= 0.3 is 0 Å². The van der Waals surface area contributed by atoms with E-state index < -0.39 is 5.91 Å². The molecule has 0 unspecified atom stereocenters. The van der Waals surface area contributed by atoms with E-state index in [1.165, 1.54) is 22.1 Å². The second-order valence-corrected chi connectivity index (χ2v) is 8.54. The summed E-state index contributed by atoms with van der Waals surface area (Å²) in [6, 6.07) is 16.2. The van der Waals surface area contributed by atoms with Gasteiger partial charge in [0.05, 0.1) is 11.4 Å². The third kappa shape index (κ3) is 4.74. The molecule has 0 aliphatic heterocycles. The summed E-state index contributed by atoms with van der Waals surface area (Å²) in [6.45, 7) is 3.69. The fourth-order valence-electron chi connectivity index (χ4n) is 3.39. The monoisotopic (exact) mass is 473 g/mol. The van der Waals surface area contributed by atoms with Crippen LogP contribution >= 0.6 is 11.3 Å². The normalized spacial score (nSPS) is 11.3. The van der Waals surface area contributed by atoms with Gasteiger partial charge in [-0.2, -0.15) is 0 Å². The number of thiazole rings is 1. The minimum atomic E-state index is -0.579. The molecule has 4 rings (SSSR count). The molecule has 0 spiro atoms. The number of carbonyl (C=O) groups is 2. The fraction of sp³-hybridized carbons (Fsp3) is 0.120. The Balaban J connectivity index is 1.74. The molecule has 2 aromatic heterocycles. The summed E-state index contributed by atoms with van der Waals surface area (Å²) >= 11 is 1.25. The molecule has 0 bridgehead atoms. The van der Waals surface area contributed by atoms with E-state index in [0.29, 0.717) is 22.1 Å². The number of nitrogens with zero attached hydrogens (tertiary/aromatic N) is 3. The van der Waals surface area contributed by atoms with E-state index in [4.69, 9.17) is 0 Å². The molecule has 2 aromatic carbocycles. The lowest BCUT2D eigenvalue weighted by atomic mass is 10.1. The van der Waals surface area contributed by atoms with Crippen LogP contribution < -0.4 is 16.2 Å². The zero-order valence-corrected chi connectivity index (χ0v) is 19.7. The van der Waals surface area contributed by atoms with Crippen LogP contribution in [-0.4, -0.2) is 26.0 Å². The van der Waals surface area contributed by atoms with Crippen molar-refractivity contribution in [3.8, 4) is 5.69 Å². The van der Waals surface area contributed by atoms with E-state index in [2.05, 4.69) is 15.6 Å². The maximum atomic E-state index is 13.3. The molecule has 4 aromatic rings. The van der Waals surface area contributed by atoms with E-state index in [9.17, 15) is 14.4 Å². The summed E-state index contributed by atoms with van der Waals surface area (Å²) in [6.07, 6.45) is 2.76. The average molecular weight is 474 g/mol. The molecule has 34 heavy (non-hydrogen) atoms. The van der Waals surface area contributed by atoms with Crippen LogP contribution in [0.3, 0.4) is 0 Å². The molecule has 0 saturated heterocycles. The number of carbonyl (C=O) groups excluding carboxylic acids is 2. The maximum Gasteiger partial charge on any atom is 0.295 e. The Hall–Kier alpha value is -4.24. The van der Waals surface area contributed by atoms with E-state index in [1.807, 2.05) is 49.4 Å². The Morgan fingerprint density at radius 3 is 2.35 bits per heavy atom. The van der Waals surface area contributed by atoms with Crippen LogP contribution in [0.1, 0.15) is 21.6 Å². The van der Waals surface area contributed by atoms with Crippen LogP contribution in [0.25, 0.3) is 5.69 Å². The lowest BCUT2D eigenvalue weighted by Crippen LogP contribution is -2.25. The van der Waals surface area contributed by atoms with Gasteiger partial charge in [-0.05, 0) is 26.0 Å². The molecule has 8 nitrogen and oxygen atoms in total. The van der Waals surface area contributed by atoms with Gasteiger partial charge in [-0.15, -0.1) is 11.3 Å². The van der Waals surface area contributed by atoms with Gasteiger partial charge in [0, 0.05) is 30.3 Å². The molecule has 1 amide bonds. The van der Waals surface area contributed by atoms with Crippen molar-refractivity contribution in [2.75, 3.05) is 10.6 Å². The lowest BCUT2D eigenvalue weighted by Gasteiger charge is -2.10. The van der Waals surface area contributed by atoms with Crippen molar-refractivity contribution < 1.29 is 9.59 Å². The molecule has 0 atom stereocenters. The summed E-state index contributed by atoms with van der Waals surface area (Å²) in [5.41, 5.74) is 2.52. The first kappa shape index (κ1) is 22.9. The van der Waals surface area contributed by atoms with Gasteiger partial charge in [-0.3, -0.25) is 24.4 Å². The van der Waals surface area contributed by atoms with Crippen molar-refractivity contribution in [1.82, 2.24) is 14.3 Å². The van der Waals surface area contributed by atoms with Crippen molar-refractivity contribution in [3.05, 3.63) is 105 Å². The molecule has 2 N–H and O–H groups in total. The summed E-state index contributed by atoms with van der Waals surface area (Å²) in [4.78, 5) is 43.4. The highest BCUT2D eigenvalue weighted by molar-refractivity contribution is 7.13. The zero-order valence-electron chi connectivity index (χ0n) is 18.9. The predicted molar refractivity (Wildman–Crippen MR) is 134 cm³/mol. The molecule has 0 radical (unpaired) electrons. The van der Waals surface area contributed by atoms with Gasteiger partial charge in [0.25, 0.3) is 11.5 Å². The van der Waals surface area contributed by atoms with Crippen molar-refractivity contribution in [3.63, 3.8) is 0 Å². The van der Waals surface area contributed by atoms with Crippen LogP contribution in [0, 0.1) is 13.8 Å². The van der Waals surface area contributed by atoms with Crippen LogP contribution in [0.5, 0.6) is 0 Å². The minimum absolute atomic E-state index is 0.0632. The van der Waals surface area contributed by atoms with Gasteiger partial charge in [-0.25, -0.2) is 9.67 Å². The second kappa shape index (κ2) is 9.72. The summed E-state index contributed by atoms with van der Waals surface area (Å²) in [5, 5.41) is 7.70. The number of allylic oxidation sites excluding steroid dienone is 1. The molecule has 0 fully saturated rings. The van der Waals surface area contributed by atoms with E-state index in [1.54, 1.807) is 42.4 Å². The van der Waals surface area contributed by atoms with Gasteiger partial charge in [0.2, 0.25) is 0 Å². The highest BCUT2D eigenvalue weighted by atomic mass is 32.1. The topological polar surface area (TPSA) is 98.0 Å². The molecule has 0 aliphatic rings. The first-order valence-corrected chi connectivity index (χ1v) is 11.4. The predicted octanol–water partition coefficient (Wildman–Crippen LogP) is 4.07. The number of hydrogen-bond acceptors (Lipinski definition) is 6. The van der Waals surface area contributed by atoms with Gasteiger partial charge in [0.15, 0.2) is 10.9 Å². The third-order valence-electron chi connectivity index (χ3n) is 5.32. The molecule has 0 saturated carbocycles. The molecular weight excluding hydrogens is 450 g/mol. The molecule has 0 aliphatic carbocycles. The Morgan fingerprint density at radius 1 is 1.00 bits per heavy atom. The number of aryl methyl sites for hydroxylation is 1. The summed E-state index contributed by atoms with van der Waals surface area (Å²) < 4.78 is 3.19. The summed E-state index contributed by atoms with van der Waals surface area (Å²) in [7, 11) is 1.76. The number of hydrogen-bond donors (Lipinski definition) is 2. The number of benzene rings is 2. The minimum Gasteiger partial charge on any atom is -0.345 e. The van der Waals surface area contributed by atoms with E-state index >= 15 is 0 Å². The quantitative estimate of drug-likeness (QED) is 0.312. The third-order valence-corrected chi connectivity index (χ3v) is 6.01. The van der Waals surface area contributed by atoms with Crippen molar-refractivity contribution in [2.24, 2.45) is 7.05 Å². The number of nitrogens with one attached hydrogen (secondary N) is 2. The first-order chi connectivity index (χ1) is 16.3. The van der Waals surface area contributed by atoms with Crippen LogP contribution in [-0.2, 0) is 11.8 Å². The lowest BCUT2D eigenvalue weighted by molar-refractivity contribution is -0.112. The number of anilines is 2.